The van der Waals surface area contributed by atoms with Gasteiger partial charge in [0, 0.05) is 33.2 Å². The first-order chi connectivity index (χ1) is 18.3. The molecule has 5 nitrogen and oxygen atoms in total. The van der Waals surface area contributed by atoms with Crippen LogP contribution < -0.4 is 15.4 Å². The Bertz CT molecular complexity index is 1360. The summed E-state index contributed by atoms with van der Waals surface area (Å²) in [6, 6.07) is 32.0. The molecule has 0 bridgehead atoms. The summed E-state index contributed by atoms with van der Waals surface area (Å²) in [5, 5.41) is 5.79. The van der Waals surface area contributed by atoms with Crippen LogP contribution in [0.3, 0.4) is 0 Å². The van der Waals surface area contributed by atoms with Crippen molar-refractivity contribution in [1.82, 2.24) is 0 Å². The zero-order chi connectivity index (χ0) is 27.0. The zero-order valence-corrected chi connectivity index (χ0v) is 22.7. The molecular weight excluding hydrogens is 492 g/mol. The molecule has 0 unspecified atom stereocenters. The smallest absolute Gasteiger partial charge is 0.255 e. The summed E-state index contributed by atoms with van der Waals surface area (Å²) in [5.74, 6) is 1.11. The predicted octanol–water partition coefficient (Wildman–Crippen LogP) is 7.66. The summed E-state index contributed by atoms with van der Waals surface area (Å²) < 4.78 is 5.80. The van der Waals surface area contributed by atoms with Crippen molar-refractivity contribution in [2.24, 2.45) is 0 Å². The highest BCUT2D eigenvalue weighted by Crippen LogP contribution is 2.23. The maximum absolute atomic E-state index is 12.8. The first kappa shape index (κ1) is 27.0. The van der Waals surface area contributed by atoms with Crippen LogP contribution in [-0.2, 0) is 5.41 Å². The molecule has 0 radical (unpaired) electrons. The number of rotatable bonds is 9. The fraction of sp³-hybridized carbons (Fsp3) is 0.188. The number of amides is 2. The first-order valence-corrected chi connectivity index (χ1v) is 13.5. The van der Waals surface area contributed by atoms with Crippen molar-refractivity contribution in [3.63, 3.8) is 0 Å². The Labute approximate surface area is 228 Å². The van der Waals surface area contributed by atoms with Crippen LogP contribution >= 0.6 is 11.8 Å². The molecule has 0 atom stereocenters. The van der Waals surface area contributed by atoms with Gasteiger partial charge in [-0.05, 0) is 77.7 Å². The number of carbonyl (C=O) groups is 2. The summed E-state index contributed by atoms with van der Waals surface area (Å²) in [6.07, 6.45) is 0. The number of hydrogen-bond acceptors (Lipinski definition) is 4. The molecule has 4 aromatic rings. The number of carbonyl (C=O) groups excluding carboxylic acids is 2. The van der Waals surface area contributed by atoms with Crippen LogP contribution in [0, 0.1) is 0 Å². The Kier molecular flexibility index (Phi) is 8.87. The van der Waals surface area contributed by atoms with Crippen molar-refractivity contribution < 1.29 is 14.3 Å². The minimum Gasteiger partial charge on any atom is -0.493 e. The summed E-state index contributed by atoms with van der Waals surface area (Å²) in [6.45, 7) is 6.98. The van der Waals surface area contributed by atoms with Gasteiger partial charge in [0.2, 0.25) is 0 Å². The van der Waals surface area contributed by atoms with E-state index in [4.69, 9.17) is 4.74 Å². The highest BCUT2D eigenvalue weighted by Gasteiger charge is 2.15. The van der Waals surface area contributed by atoms with Gasteiger partial charge in [-0.3, -0.25) is 9.59 Å². The molecule has 194 valence electrons. The van der Waals surface area contributed by atoms with Gasteiger partial charge in [0.1, 0.15) is 5.75 Å². The number of benzene rings is 4. The molecule has 0 spiro atoms. The predicted molar refractivity (Wildman–Crippen MR) is 157 cm³/mol. The lowest BCUT2D eigenvalue weighted by atomic mass is 9.87. The average molecular weight is 525 g/mol. The third-order valence-corrected chi connectivity index (χ3v) is 6.85. The Morgan fingerprint density at radius 2 is 1.26 bits per heavy atom. The van der Waals surface area contributed by atoms with Crippen molar-refractivity contribution >= 4 is 35.0 Å². The summed E-state index contributed by atoms with van der Waals surface area (Å²) in [4.78, 5) is 26.7. The molecule has 0 aliphatic carbocycles. The molecule has 38 heavy (non-hydrogen) atoms. The standard InChI is InChI=1S/C32H32N2O3S/c1-32(2,3)25-16-12-23(13-17-25)30(35)33-26-8-7-9-27(22-26)34-31(36)24-14-18-28(19-15-24)37-20-21-38-29-10-5-4-6-11-29/h4-19,22H,20-21H2,1-3H3,(H,33,35)(H,34,36). The second-order valence-corrected chi connectivity index (χ2v) is 11.0. The summed E-state index contributed by atoms with van der Waals surface area (Å²) in [5.41, 5.74) is 3.48. The van der Waals surface area contributed by atoms with E-state index in [0.29, 0.717) is 29.1 Å². The van der Waals surface area contributed by atoms with Crippen molar-refractivity contribution in [2.75, 3.05) is 23.0 Å². The molecule has 0 aromatic heterocycles. The Balaban J connectivity index is 1.28. The molecule has 0 saturated carbocycles. The highest BCUT2D eigenvalue weighted by molar-refractivity contribution is 7.99. The van der Waals surface area contributed by atoms with Gasteiger partial charge in [-0.2, -0.15) is 0 Å². The molecule has 6 heteroatoms. The summed E-state index contributed by atoms with van der Waals surface area (Å²) >= 11 is 1.74. The maximum Gasteiger partial charge on any atom is 0.255 e. The van der Waals surface area contributed by atoms with Crippen molar-refractivity contribution in [2.45, 2.75) is 31.1 Å². The quantitative estimate of drug-likeness (QED) is 0.174. The van der Waals surface area contributed by atoms with Crippen molar-refractivity contribution in [3.05, 3.63) is 120 Å². The van der Waals surface area contributed by atoms with E-state index < -0.39 is 0 Å². The van der Waals surface area contributed by atoms with Crippen LogP contribution in [0.2, 0.25) is 0 Å². The van der Waals surface area contributed by atoms with E-state index in [2.05, 4.69) is 43.5 Å². The van der Waals surface area contributed by atoms with E-state index in [1.54, 1.807) is 60.3 Å². The van der Waals surface area contributed by atoms with E-state index in [9.17, 15) is 9.59 Å². The molecular formula is C32H32N2O3S. The van der Waals surface area contributed by atoms with Crippen molar-refractivity contribution in [3.8, 4) is 5.75 Å². The lowest BCUT2D eigenvalue weighted by Crippen LogP contribution is -2.15. The van der Waals surface area contributed by atoms with Gasteiger partial charge >= 0.3 is 0 Å². The number of thioether (sulfide) groups is 1. The molecule has 0 aliphatic heterocycles. The van der Waals surface area contributed by atoms with Crippen LogP contribution in [0.4, 0.5) is 11.4 Å². The lowest BCUT2D eigenvalue weighted by Gasteiger charge is -2.19. The highest BCUT2D eigenvalue weighted by atomic mass is 32.2. The SMILES string of the molecule is CC(C)(C)c1ccc(C(=O)Nc2cccc(NC(=O)c3ccc(OCCSc4ccccc4)cc3)c2)cc1. The van der Waals surface area contributed by atoms with Crippen molar-refractivity contribution in [1.29, 1.82) is 0 Å². The molecule has 4 aromatic carbocycles. The fourth-order valence-electron chi connectivity index (χ4n) is 3.74. The first-order valence-electron chi connectivity index (χ1n) is 12.5. The van der Waals surface area contributed by atoms with Gasteiger partial charge in [-0.1, -0.05) is 57.2 Å². The molecule has 0 heterocycles. The second-order valence-electron chi connectivity index (χ2n) is 9.85. The molecule has 4 rings (SSSR count). The van der Waals surface area contributed by atoms with E-state index in [1.165, 1.54) is 10.5 Å². The van der Waals surface area contributed by atoms with Gasteiger partial charge in [0.25, 0.3) is 11.8 Å². The molecule has 0 fully saturated rings. The van der Waals surface area contributed by atoms with Crippen LogP contribution in [0.25, 0.3) is 0 Å². The largest absolute Gasteiger partial charge is 0.493 e. The number of hydrogen-bond donors (Lipinski definition) is 2. The lowest BCUT2D eigenvalue weighted by molar-refractivity contribution is 0.101. The topological polar surface area (TPSA) is 67.4 Å². The molecule has 2 N–H and O–H groups in total. The van der Waals surface area contributed by atoms with Crippen LogP contribution in [-0.4, -0.2) is 24.2 Å². The van der Waals surface area contributed by atoms with Gasteiger partial charge in [-0.15, -0.1) is 11.8 Å². The van der Waals surface area contributed by atoms with E-state index in [0.717, 1.165) is 11.5 Å². The third kappa shape index (κ3) is 7.73. The Morgan fingerprint density at radius 3 is 1.82 bits per heavy atom. The van der Waals surface area contributed by atoms with E-state index in [-0.39, 0.29) is 17.2 Å². The monoisotopic (exact) mass is 524 g/mol. The van der Waals surface area contributed by atoms with Gasteiger partial charge < -0.3 is 15.4 Å². The second kappa shape index (κ2) is 12.5. The maximum atomic E-state index is 12.8. The van der Waals surface area contributed by atoms with Crippen LogP contribution in [0.5, 0.6) is 5.75 Å². The van der Waals surface area contributed by atoms with Gasteiger partial charge in [0.05, 0.1) is 6.61 Å². The molecule has 2 amide bonds. The average Bonchev–Trinajstić information content (AvgIpc) is 2.92. The third-order valence-electron chi connectivity index (χ3n) is 5.87. The Morgan fingerprint density at radius 1 is 0.711 bits per heavy atom. The van der Waals surface area contributed by atoms with E-state index in [1.807, 2.05) is 42.5 Å². The van der Waals surface area contributed by atoms with Gasteiger partial charge in [0.15, 0.2) is 0 Å². The fourth-order valence-corrected chi connectivity index (χ4v) is 4.49. The number of nitrogens with one attached hydrogen (secondary N) is 2. The zero-order valence-electron chi connectivity index (χ0n) is 21.9. The van der Waals surface area contributed by atoms with Gasteiger partial charge in [-0.25, -0.2) is 0 Å². The van der Waals surface area contributed by atoms with E-state index >= 15 is 0 Å². The minimum absolute atomic E-state index is 0.0244. The Hall–Kier alpha value is -4.03. The summed E-state index contributed by atoms with van der Waals surface area (Å²) in [7, 11) is 0. The minimum atomic E-state index is -0.238. The molecule has 0 aliphatic rings. The normalized spacial score (nSPS) is 11.0. The van der Waals surface area contributed by atoms with Crippen LogP contribution in [0.15, 0.2) is 108 Å². The van der Waals surface area contributed by atoms with Crippen LogP contribution in [0.1, 0.15) is 47.1 Å². The molecule has 0 saturated heterocycles. The number of anilines is 2. The number of ether oxygens (including phenoxy) is 1.